The normalized spacial score (nSPS) is 14.1. The van der Waals surface area contributed by atoms with E-state index >= 15 is 0 Å². The van der Waals surface area contributed by atoms with Crippen LogP contribution in [-0.4, -0.2) is 33.8 Å². The van der Waals surface area contributed by atoms with Gasteiger partial charge in [0.2, 0.25) is 0 Å². The summed E-state index contributed by atoms with van der Waals surface area (Å²) < 4.78 is 2.30. The molecular formula is C19H28ClIN6. The molecule has 2 heterocycles. The number of aryl methyl sites for hydroxylation is 1. The van der Waals surface area contributed by atoms with Gasteiger partial charge in [-0.05, 0) is 37.5 Å². The molecule has 0 saturated carbocycles. The van der Waals surface area contributed by atoms with Crippen LogP contribution in [0.25, 0.3) is 0 Å². The number of nitrogens with zero attached hydrogens (tertiary/aromatic N) is 4. The van der Waals surface area contributed by atoms with Crippen molar-refractivity contribution in [2.75, 3.05) is 13.1 Å². The molecule has 0 bridgehead atoms. The fraction of sp³-hybridized carbons (Fsp3) is 0.526. The van der Waals surface area contributed by atoms with Crippen molar-refractivity contribution in [2.45, 2.75) is 52.1 Å². The maximum Gasteiger partial charge on any atom is 0.191 e. The van der Waals surface area contributed by atoms with Crippen LogP contribution in [0.15, 0.2) is 29.3 Å². The molecular weight excluding hydrogens is 475 g/mol. The van der Waals surface area contributed by atoms with E-state index in [2.05, 4.69) is 37.3 Å². The van der Waals surface area contributed by atoms with Crippen molar-refractivity contribution < 1.29 is 0 Å². The molecule has 148 valence electrons. The number of guanidine groups is 1. The number of hydrogen-bond acceptors (Lipinski definition) is 3. The second-order valence-electron chi connectivity index (χ2n) is 6.50. The van der Waals surface area contributed by atoms with Gasteiger partial charge in [-0.2, -0.15) is 0 Å². The molecule has 0 amide bonds. The number of halogens is 2. The molecule has 0 spiro atoms. The topological polar surface area (TPSA) is 67.1 Å². The van der Waals surface area contributed by atoms with E-state index in [1.165, 1.54) is 19.3 Å². The van der Waals surface area contributed by atoms with Gasteiger partial charge in [-0.25, -0.2) is 4.99 Å². The minimum atomic E-state index is 0. The summed E-state index contributed by atoms with van der Waals surface area (Å²) in [6, 6.07) is 7.80. The molecule has 1 aromatic carbocycles. The Bertz CT molecular complexity index is 746. The molecule has 1 aliphatic rings. The third-order valence-electron chi connectivity index (χ3n) is 4.48. The van der Waals surface area contributed by atoms with Gasteiger partial charge in [0.05, 0.1) is 6.54 Å². The van der Waals surface area contributed by atoms with Crippen molar-refractivity contribution in [3.05, 3.63) is 46.5 Å². The molecule has 6 nitrogen and oxygen atoms in total. The van der Waals surface area contributed by atoms with Crippen LogP contribution >= 0.6 is 35.6 Å². The van der Waals surface area contributed by atoms with E-state index in [9.17, 15) is 0 Å². The van der Waals surface area contributed by atoms with Crippen LogP contribution in [0.2, 0.25) is 5.02 Å². The molecule has 2 aromatic rings. The highest BCUT2D eigenvalue weighted by Crippen LogP contribution is 2.14. The van der Waals surface area contributed by atoms with Gasteiger partial charge < -0.3 is 15.2 Å². The van der Waals surface area contributed by atoms with Crippen LogP contribution in [0.5, 0.6) is 0 Å². The Morgan fingerprint density at radius 1 is 1.22 bits per heavy atom. The Balaban J connectivity index is 0.00000261. The van der Waals surface area contributed by atoms with E-state index in [0.717, 1.165) is 60.7 Å². The third kappa shape index (κ3) is 6.64. The number of nitrogens with one attached hydrogen (secondary N) is 2. The molecule has 27 heavy (non-hydrogen) atoms. The summed E-state index contributed by atoms with van der Waals surface area (Å²) >= 11 is 6.04. The van der Waals surface area contributed by atoms with Crippen LogP contribution in [-0.2, 0) is 25.9 Å². The summed E-state index contributed by atoms with van der Waals surface area (Å²) in [5.74, 6) is 3.02. The molecule has 0 atom stereocenters. The summed E-state index contributed by atoms with van der Waals surface area (Å²) in [5.41, 5.74) is 1.09. The minimum absolute atomic E-state index is 0. The van der Waals surface area contributed by atoms with Gasteiger partial charge in [0.1, 0.15) is 11.6 Å². The molecule has 0 radical (unpaired) electrons. The quantitative estimate of drug-likeness (QED) is 0.360. The predicted molar refractivity (Wildman–Crippen MR) is 121 cm³/mol. The van der Waals surface area contributed by atoms with E-state index in [-0.39, 0.29) is 24.0 Å². The minimum Gasteiger partial charge on any atom is -0.357 e. The lowest BCUT2D eigenvalue weighted by Gasteiger charge is -2.12. The molecule has 0 saturated heterocycles. The summed E-state index contributed by atoms with van der Waals surface area (Å²) in [4.78, 5) is 4.64. The van der Waals surface area contributed by atoms with E-state index in [4.69, 9.17) is 11.6 Å². The van der Waals surface area contributed by atoms with Gasteiger partial charge in [-0.3, -0.25) is 0 Å². The maximum atomic E-state index is 6.04. The lowest BCUT2D eigenvalue weighted by molar-refractivity contribution is 0.600. The van der Waals surface area contributed by atoms with Crippen LogP contribution in [0.1, 0.15) is 43.4 Å². The molecule has 1 aliphatic heterocycles. The van der Waals surface area contributed by atoms with E-state index < -0.39 is 0 Å². The van der Waals surface area contributed by atoms with Crippen LogP contribution < -0.4 is 10.6 Å². The molecule has 0 fully saturated rings. The van der Waals surface area contributed by atoms with Crippen LogP contribution in [0.3, 0.4) is 0 Å². The first kappa shape index (κ1) is 21.9. The Hall–Kier alpha value is -1.35. The largest absolute Gasteiger partial charge is 0.357 e. The first-order valence-corrected chi connectivity index (χ1v) is 9.81. The number of hydrogen-bond donors (Lipinski definition) is 2. The van der Waals surface area contributed by atoms with Crippen molar-refractivity contribution in [1.82, 2.24) is 25.4 Å². The average Bonchev–Trinajstić information content (AvgIpc) is 2.86. The first-order chi connectivity index (χ1) is 12.8. The van der Waals surface area contributed by atoms with Crippen molar-refractivity contribution in [1.29, 1.82) is 0 Å². The standard InChI is InChI=1S/C19H27ClN6.HI/c1-2-21-19(23-14-15-7-6-8-16(20)13-15)22-11-10-18-25-24-17-9-4-3-5-12-26(17)18;/h6-8,13H,2-5,9-12,14H2,1H3,(H2,21,22,23);1H. The average molecular weight is 503 g/mol. The van der Waals surface area contributed by atoms with Crippen molar-refractivity contribution in [3.8, 4) is 0 Å². The zero-order valence-electron chi connectivity index (χ0n) is 15.7. The number of benzene rings is 1. The Morgan fingerprint density at radius 2 is 2.11 bits per heavy atom. The first-order valence-electron chi connectivity index (χ1n) is 9.44. The van der Waals surface area contributed by atoms with Gasteiger partial charge in [-0.1, -0.05) is 30.2 Å². The van der Waals surface area contributed by atoms with Crippen LogP contribution in [0.4, 0.5) is 0 Å². The molecule has 0 unspecified atom stereocenters. The highest BCUT2D eigenvalue weighted by Gasteiger charge is 2.14. The highest BCUT2D eigenvalue weighted by molar-refractivity contribution is 14.0. The van der Waals surface area contributed by atoms with E-state index in [0.29, 0.717) is 6.54 Å². The van der Waals surface area contributed by atoms with Crippen molar-refractivity contribution in [3.63, 3.8) is 0 Å². The lowest BCUT2D eigenvalue weighted by atomic mass is 10.2. The SMILES string of the molecule is CCNC(=NCc1cccc(Cl)c1)NCCc1nnc2n1CCCCC2.I. The highest BCUT2D eigenvalue weighted by atomic mass is 127. The van der Waals surface area contributed by atoms with Crippen LogP contribution in [0, 0.1) is 0 Å². The number of fused-ring (bicyclic) bond motifs is 1. The molecule has 8 heteroatoms. The van der Waals surface area contributed by atoms with Gasteiger partial charge in [0.15, 0.2) is 5.96 Å². The molecule has 3 rings (SSSR count). The van der Waals surface area contributed by atoms with E-state index in [1.807, 2.05) is 24.3 Å². The zero-order chi connectivity index (χ0) is 18.2. The Labute approximate surface area is 183 Å². The fourth-order valence-electron chi connectivity index (χ4n) is 3.17. The monoisotopic (exact) mass is 502 g/mol. The summed E-state index contributed by atoms with van der Waals surface area (Å²) in [6.45, 7) is 5.30. The van der Waals surface area contributed by atoms with Crippen molar-refractivity contribution >= 4 is 41.5 Å². The maximum absolute atomic E-state index is 6.04. The van der Waals surface area contributed by atoms with Gasteiger partial charge >= 0.3 is 0 Å². The number of rotatable bonds is 6. The number of aromatic nitrogens is 3. The molecule has 0 aliphatic carbocycles. The zero-order valence-corrected chi connectivity index (χ0v) is 18.8. The van der Waals surface area contributed by atoms with E-state index in [1.54, 1.807) is 0 Å². The third-order valence-corrected chi connectivity index (χ3v) is 4.72. The Morgan fingerprint density at radius 3 is 2.93 bits per heavy atom. The smallest absolute Gasteiger partial charge is 0.191 e. The molecule has 1 aromatic heterocycles. The summed E-state index contributed by atoms with van der Waals surface area (Å²) in [7, 11) is 0. The second kappa shape index (κ2) is 11.5. The number of aliphatic imine (C=N–C) groups is 1. The Kier molecular flexibility index (Phi) is 9.33. The second-order valence-corrected chi connectivity index (χ2v) is 6.93. The fourth-order valence-corrected chi connectivity index (χ4v) is 3.38. The summed E-state index contributed by atoms with van der Waals surface area (Å²) in [6.07, 6.45) is 5.60. The van der Waals surface area contributed by atoms with Gasteiger partial charge in [-0.15, -0.1) is 34.2 Å². The lowest BCUT2D eigenvalue weighted by Crippen LogP contribution is -2.38. The van der Waals surface area contributed by atoms with Gasteiger partial charge in [0.25, 0.3) is 0 Å². The molecule has 2 N–H and O–H groups in total. The van der Waals surface area contributed by atoms with Gasteiger partial charge in [0, 0.05) is 37.5 Å². The summed E-state index contributed by atoms with van der Waals surface area (Å²) in [5, 5.41) is 16.2. The predicted octanol–water partition coefficient (Wildman–Crippen LogP) is 3.57. The van der Waals surface area contributed by atoms with Crippen molar-refractivity contribution in [2.24, 2.45) is 4.99 Å².